The molecule has 0 aromatic rings. The smallest absolute Gasteiger partial charge is 0.306 e. The summed E-state index contributed by atoms with van der Waals surface area (Å²) < 4.78 is 11.4. The highest BCUT2D eigenvalue weighted by atomic mass is 16.5. The molecule has 0 amide bonds. The summed E-state index contributed by atoms with van der Waals surface area (Å²) in [7, 11) is 4.23. The van der Waals surface area contributed by atoms with E-state index in [2.05, 4.69) is 125 Å². The van der Waals surface area contributed by atoms with Crippen molar-refractivity contribution in [2.75, 3.05) is 27.2 Å². The number of carbonyl (C=O) groups excluding carboxylic acids is 2. The lowest BCUT2D eigenvalue weighted by atomic mass is 9.95. The van der Waals surface area contributed by atoms with E-state index in [9.17, 15) is 9.59 Å². The Hall–Kier alpha value is -2.92. The highest BCUT2D eigenvalue weighted by Gasteiger charge is 2.13. The van der Waals surface area contributed by atoms with E-state index in [4.69, 9.17) is 9.47 Å². The first-order valence-electron chi connectivity index (χ1n) is 23.0. The largest absolute Gasteiger partial charge is 0.466 e. The molecule has 0 heterocycles. The van der Waals surface area contributed by atoms with E-state index in [1.165, 1.54) is 57.8 Å². The van der Waals surface area contributed by atoms with Gasteiger partial charge in [-0.1, -0.05) is 157 Å². The highest BCUT2D eigenvalue weighted by Crippen LogP contribution is 2.18. The summed E-state index contributed by atoms with van der Waals surface area (Å²) in [6.45, 7) is 8.29. The Bertz CT molecular complexity index is 1100. The fourth-order valence-electron chi connectivity index (χ4n) is 6.38. The molecule has 0 aliphatic carbocycles. The molecule has 0 bridgehead atoms. The molecule has 0 aromatic heterocycles. The average molecular weight is 778 g/mol. The Morgan fingerprint density at radius 3 is 1.66 bits per heavy atom. The lowest BCUT2D eigenvalue weighted by Gasteiger charge is -2.16. The molecule has 0 N–H and O–H groups in total. The number of hydrogen-bond donors (Lipinski definition) is 0. The molecule has 320 valence electrons. The number of rotatable bonds is 39. The summed E-state index contributed by atoms with van der Waals surface area (Å²) in [6.07, 6.45) is 57.5. The van der Waals surface area contributed by atoms with Gasteiger partial charge in [-0.05, 0) is 123 Å². The molecular weight excluding hydrogens is 691 g/mol. The number of allylic oxidation sites excluding steroid dienone is 13. The third-order valence-electron chi connectivity index (χ3n) is 9.94. The van der Waals surface area contributed by atoms with Crippen LogP contribution in [0.5, 0.6) is 0 Å². The van der Waals surface area contributed by atoms with Crippen LogP contribution in [0, 0.1) is 5.92 Å². The topological polar surface area (TPSA) is 55.8 Å². The summed E-state index contributed by atoms with van der Waals surface area (Å²) in [5, 5.41) is 0. The van der Waals surface area contributed by atoms with Crippen LogP contribution in [0.1, 0.15) is 188 Å². The molecule has 5 heteroatoms. The fourth-order valence-corrected chi connectivity index (χ4v) is 6.38. The Kier molecular flexibility index (Phi) is 41.0. The second kappa shape index (κ2) is 43.2. The van der Waals surface area contributed by atoms with E-state index < -0.39 is 0 Å². The van der Waals surface area contributed by atoms with Crippen molar-refractivity contribution in [2.45, 2.75) is 194 Å². The molecule has 0 aliphatic heterocycles. The van der Waals surface area contributed by atoms with Crippen LogP contribution in [0.3, 0.4) is 0 Å². The van der Waals surface area contributed by atoms with Crippen molar-refractivity contribution in [3.05, 3.63) is 85.1 Å². The number of ether oxygens (including phenoxy) is 2. The van der Waals surface area contributed by atoms with Crippen molar-refractivity contribution in [3.63, 3.8) is 0 Å². The zero-order valence-electron chi connectivity index (χ0n) is 37.1. The molecule has 2 unspecified atom stereocenters. The third-order valence-corrected chi connectivity index (χ3v) is 9.94. The van der Waals surface area contributed by atoms with Crippen LogP contribution < -0.4 is 0 Å². The Labute approximate surface area is 346 Å². The molecular formula is C51H87NO4. The Balaban J connectivity index is 4.08. The molecule has 0 saturated carbocycles. The zero-order chi connectivity index (χ0) is 41.0. The van der Waals surface area contributed by atoms with Gasteiger partial charge in [0.2, 0.25) is 0 Å². The number of esters is 2. The lowest BCUT2D eigenvalue weighted by molar-refractivity contribution is -0.149. The second-order valence-corrected chi connectivity index (χ2v) is 15.5. The van der Waals surface area contributed by atoms with Crippen LogP contribution in [-0.2, 0) is 19.1 Å². The molecule has 0 radical (unpaired) electrons. The number of hydrogen-bond acceptors (Lipinski definition) is 5. The fraction of sp³-hybridized carbons (Fsp3) is 0.686. The van der Waals surface area contributed by atoms with E-state index >= 15 is 0 Å². The molecule has 0 fully saturated rings. The standard InChI is InChI=1S/C51H87NO4/c1-6-9-11-13-14-15-16-17-18-19-20-21-22-23-24-27-30-33-37-43-51(54)56-49(41-35-12-10-7-2)42-36-32-29-26-25-28-31-34-38-47-55-50(53)45-44-48(8-3)40-39-46-52(4)5/h9,11,14-15,17-18,20-21,23-24,30,32-33,36,48-49H,6-8,10,12-13,16,19,22,25-29,31,34-35,37-47H2,1-5H3/b11-9-,15-14-,18-17-,21-20-,24-23-,33-30-,36-32-. The summed E-state index contributed by atoms with van der Waals surface area (Å²) in [4.78, 5) is 27.0. The quantitative estimate of drug-likeness (QED) is 0.0353. The first kappa shape index (κ1) is 53.1. The molecule has 0 saturated heterocycles. The van der Waals surface area contributed by atoms with Gasteiger partial charge in [-0.2, -0.15) is 0 Å². The molecule has 0 aromatic carbocycles. The van der Waals surface area contributed by atoms with Crippen molar-refractivity contribution < 1.29 is 19.1 Å². The van der Waals surface area contributed by atoms with Crippen molar-refractivity contribution >= 4 is 11.9 Å². The summed E-state index contributed by atoms with van der Waals surface area (Å²) >= 11 is 0. The van der Waals surface area contributed by atoms with Gasteiger partial charge in [-0.3, -0.25) is 9.59 Å². The summed E-state index contributed by atoms with van der Waals surface area (Å²) in [5.74, 6) is 0.521. The van der Waals surface area contributed by atoms with Crippen LogP contribution in [0.4, 0.5) is 0 Å². The Morgan fingerprint density at radius 2 is 1.07 bits per heavy atom. The van der Waals surface area contributed by atoms with E-state index in [1.54, 1.807) is 0 Å². The second-order valence-electron chi connectivity index (χ2n) is 15.5. The molecule has 0 aliphatic rings. The molecule has 0 rings (SSSR count). The van der Waals surface area contributed by atoms with Gasteiger partial charge in [0, 0.05) is 19.3 Å². The first-order valence-corrected chi connectivity index (χ1v) is 23.0. The van der Waals surface area contributed by atoms with Crippen LogP contribution in [0.2, 0.25) is 0 Å². The predicted molar refractivity (Wildman–Crippen MR) is 244 cm³/mol. The van der Waals surface area contributed by atoms with E-state index in [1.807, 2.05) is 0 Å². The third kappa shape index (κ3) is 40.7. The van der Waals surface area contributed by atoms with E-state index in [-0.39, 0.29) is 18.0 Å². The number of nitrogens with zero attached hydrogens (tertiary/aromatic N) is 1. The maximum atomic E-state index is 12.6. The zero-order valence-corrected chi connectivity index (χ0v) is 37.1. The molecule has 0 spiro atoms. The minimum atomic E-state index is -0.0792. The number of carbonyl (C=O) groups is 2. The van der Waals surface area contributed by atoms with Crippen molar-refractivity contribution in [1.29, 1.82) is 0 Å². The molecule has 56 heavy (non-hydrogen) atoms. The molecule has 2 atom stereocenters. The van der Waals surface area contributed by atoms with Gasteiger partial charge in [0.05, 0.1) is 6.61 Å². The van der Waals surface area contributed by atoms with Crippen molar-refractivity contribution in [1.82, 2.24) is 4.90 Å². The SMILES string of the molecule is CC/C=C\C/C=C\C/C=C\C/C=C\C/C=C\C/C=C\CCC(=O)OC(C/C=C\CCCCCCCCOC(=O)CCC(CC)CCCN(C)C)CCCCCC. The van der Waals surface area contributed by atoms with E-state index in [0.29, 0.717) is 25.4 Å². The minimum absolute atomic E-state index is 0.0175. The van der Waals surface area contributed by atoms with Crippen molar-refractivity contribution in [3.8, 4) is 0 Å². The van der Waals surface area contributed by atoms with E-state index in [0.717, 1.165) is 103 Å². The van der Waals surface area contributed by atoms with Gasteiger partial charge in [-0.25, -0.2) is 0 Å². The summed E-state index contributed by atoms with van der Waals surface area (Å²) in [6, 6.07) is 0. The van der Waals surface area contributed by atoms with Gasteiger partial charge < -0.3 is 14.4 Å². The van der Waals surface area contributed by atoms with Crippen LogP contribution in [0.25, 0.3) is 0 Å². The van der Waals surface area contributed by atoms with Crippen molar-refractivity contribution in [2.24, 2.45) is 5.92 Å². The number of unbranched alkanes of at least 4 members (excludes halogenated alkanes) is 9. The maximum Gasteiger partial charge on any atom is 0.306 e. The normalized spacial score (nSPS) is 13.7. The Morgan fingerprint density at radius 1 is 0.518 bits per heavy atom. The van der Waals surface area contributed by atoms with Gasteiger partial charge in [0.15, 0.2) is 0 Å². The van der Waals surface area contributed by atoms with Crippen LogP contribution >= 0.6 is 0 Å². The van der Waals surface area contributed by atoms with Gasteiger partial charge >= 0.3 is 11.9 Å². The van der Waals surface area contributed by atoms with Gasteiger partial charge in [-0.15, -0.1) is 0 Å². The van der Waals surface area contributed by atoms with Crippen LogP contribution in [0.15, 0.2) is 85.1 Å². The minimum Gasteiger partial charge on any atom is -0.466 e. The first-order chi connectivity index (χ1) is 27.4. The monoisotopic (exact) mass is 778 g/mol. The maximum absolute atomic E-state index is 12.6. The summed E-state index contributed by atoms with van der Waals surface area (Å²) in [5.41, 5.74) is 0. The highest BCUT2D eigenvalue weighted by molar-refractivity contribution is 5.69. The molecule has 5 nitrogen and oxygen atoms in total. The predicted octanol–water partition coefficient (Wildman–Crippen LogP) is 14.7. The van der Waals surface area contributed by atoms with Gasteiger partial charge in [0.25, 0.3) is 0 Å². The van der Waals surface area contributed by atoms with Crippen LogP contribution in [-0.4, -0.2) is 50.2 Å². The lowest BCUT2D eigenvalue weighted by Crippen LogP contribution is -2.17. The average Bonchev–Trinajstić information content (AvgIpc) is 3.18. The van der Waals surface area contributed by atoms with Gasteiger partial charge in [0.1, 0.15) is 6.10 Å².